The Labute approximate surface area is 132 Å². The van der Waals surface area contributed by atoms with Crippen LogP contribution in [0.3, 0.4) is 0 Å². The lowest BCUT2D eigenvalue weighted by atomic mass is 10.3. The van der Waals surface area contributed by atoms with Crippen LogP contribution in [-0.4, -0.2) is 28.6 Å². The van der Waals surface area contributed by atoms with Gasteiger partial charge in [-0.15, -0.1) is 12.4 Å². The lowest BCUT2D eigenvalue weighted by molar-refractivity contribution is 0.399. The van der Waals surface area contributed by atoms with Crippen LogP contribution >= 0.6 is 39.9 Å². The first-order valence-electron chi connectivity index (χ1n) is 5.15. The van der Waals surface area contributed by atoms with Gasteiger partial charge in [0.1, 0.15) is 4.90 Å². The summed E-state index contributed by atoms with van der Waals surface area (Å²) < 4.78 is 32.2. The minimum absolute atomic E-state index is 0. The standard InChI is InChI=1S/C10H14BrClN2O3S.ClH/c1-17-10-8(11)5-7(12)6-9(10)18(15,16)14-4-2-3-13;/h5-6,14H,2-4,13H2,1H3;1H. The molecule has 0 heterocycles. The van der Waals surface area contributed by atoms with E-state index in [1.165, 1.54) is 13.2 Å². The molecule has 0 amide bonds. The second kappa shape index (κ2) is 8.28. The van der Waals surface area contributed by atoms with E-state index in [1.54, 1.807) is 6.07 Å². The van der Waals surface area contributed by atoms with Gasteiger partial charge in [0.2, 0.25) is 10.0 Å². The highest BCUT2D eigenvalue weighted by Gasteiger charge is 2.21. The highest BCUT2D eigenvalue weighted by molar-refractivity contribution is 9.10. The van der Waals surface area contributed by atoms with Gasteiger partial charge in [-0.25, -0.2) is 13.1 Å². The first kappa shape index (κ1) is 18.9. The van der Waals surface area contributed by atoms with Crippen molar-refractivity contribution in [2.45, 2.75) is 11.3 Å². The van der Waals surface area contributed by atoms with Crippen molar-refractivity contribution in [3.05, 3.63) is 21.6 Å². The van der Waals surface area contributed by atoms with Crippen LogP contribution in [0.2, 0.25) is 5.02 Å². The molecule has 5 nitrogen and oxygen atoms in total. The Hall–Kier alpha value is -0.0500. The summed E-state index contributed by atoms with van der Waals surface area (Å²) in [6.45, 7) is 0.686. The monoisotopic (exact) mass is 392 g/mol. The molecule has 0 aliphatic carbocycles. The fraction of sp³-hybridized carbons (Fsp3) is 0.400. The Morgan fingerprint density at radius 3 is 2.63 bits per heavy atom. The fourth-order valence-electron chi connectivity index (χ4n) is 1.32. The molecule has 0 saturated carbocycles. The number of hydrogen-bond acceptors (Lipinski definition) is 4. The second-order valence-electron chi connectivity index (χ2n) is 3.46. The van der Waals surface area contributed by atoms with Gasteiger partial charge < -0.3 is 10.5 Å². The molecule has 0 atom stereocenters. The third-order valence-electron chi connectivity index (χ3n) is 2.14. The SMILES string of the molecule is COc1c(Br)cc(Cl)cc1S(=O)(=O)NCCCN.Cl. The predicted octanol–water partition coefficient (Wildman–Crippen LogP) is 2.16. The first-order chi connectivity index (χ1) is 8.42. The zero-order chi connectivity index (χ0) is 13.8. The number of sulfonamides is 1. The van der Waals surface area contributed by atoms with Crippen molar-refractivity contribution < 1.29 is 13.2 Å². The van der Waals surface area contributed by atoms with E-state index in [9.17, 15) is 8.42 Å². The summed E-state index contributed by atoms with van der Waals surface area (Å²) >= 11 is 9.06. The zero-order valence-corrected chi connectivity index (χ0v) is 14.1. The van der Waals surface area contributed by atoms with Gasteiger partial charge in [-0.05, 0) is 41.0 Å². The Morgan fingerprint density at radius 2 is 2.11 bits per heavy atom. The summed E-state index contributed by atoms with van der Waals surface area (Å²) in [6.07, 6.45) is 0.559. The Balaban J connectivity index is 0.00000324. The van der Waals surface area contributed by atoms with Gasteiger partial charge >= 0.3 is 0 Å². The van der Waals surface area contributed by atoms with E-state index in [0.717, 1.165) is 0 Å². The highest BCUT2D eigenvalue weighted by Crippen LogP contribution is 2.35. The smallest absolute Gasteiger partial charge is 0.244 e. The van der Waals surface area contributed by atoms with E-state index in [1.807, 2.05) is 0 Å². The van der Waals surface area contributed by atoms with Gasteiger partial charge in [-0.2, -0.15) is 0 Å². The number of hydrogen-bond donors (Lipinski definition) is 2. The van der Waals surface area contributed by atoms with Crippen molar-refractivity contribution >= 4 is 50.0 Å². The van der Waals surface area contributed by atoms with Gasteiger partial charge in [-0.3, -0.25) is 0 Å². The highest BCUT2D eigenvalue weighted by atomic mass is 79.9. The van der Waals surface area contributed by atoms with Gasteiger partial charge in [0.25, 0.3) is 0 Å². The molecule has 0 fully saturated rings. The molecule has 0 aliphatic heterocycles. The molecule has 0 spiro atoms. The normalized spacial score (nSPS) is 10.9. The van der Waals surface area contributed by atoms with Crippen LogP contribution in [-0.2, 0) is 10.0 Å². The maximum absolute atomic E-state index is 12.1. The number of halogens is 3. The van der Waals surface area contributed by atoms with Crippen LogP contribution in [0.15, 0.2) is 21.5 Å². The van der Waals surface area contributed by atoms with Crippen LogP contribution in [0.4, 0.5) is 0 Å². The van der Waals surface area contributed by atoms with Crippen molar-refractivity contribution in [1.29, 1.82) is 0 Å². The number of rotatable bonds is 6. The summed E-state index contributed by atoms with van der Waals surface area (Å²) in [5.74, 6) is 0.222. The topological polar surface area (TPSA) is 81.4 Å². The van der Waals surface area contributed by atoms with Gasteiger partial charge in [0, 0.05) is 11.6 Å². The molecule has 0 aliphatic rings. The van der Waals surface area contributed by atoms with Crippen LogP contribution in [0.1, 0.15) is 6.42 Å². The molecule has 0 unspecified atom stereocenters. The van der Waals surface area contributed by atoms with E-state index in [2.05, 4.69) is 20.7 Å². The first-order valence-corrected chi connectivity index (χ1v) is 7.80. The molecule has 1 aromatic carbocycles. The molecule has 9 heteroatoms. The van der Waals surface area contributed by atoms with Crippen molar-refractivity contribution in [2.24, 2.45) is 5.73 Å². The van der Waals surface area contributed by atoms with E-state index in [0.29, 0.717) is 22.5 Å². The molecule has 0 bridgehead atoms. The Morgan fingerprint density at radius 1 is 1.47 bits per heavy atom. The average Bonchev–Trinajstić information content (AvgIpc) is 2.28. The predicted molar refractivity (Wildman–Crippen MR) is 81.8 cm³/mol. The molecule has 110 valence electrons. The molecule has 0 saturated heterocycles. The Bertz CT molecular complexity index is 526. The maximum Gasteiger partial charge on any atom is 0.244 e. The molecule has 1 aromatic rings. The van der Waals surface area contributed by atoms with Crippen molar-refractivity contribution in [3.63, 3.8) is 0 Å². The minimum Gasteiger partial charge on any atom is -0.494 e. The number of benzene rings is 1. The van der Waals surface area contributed by atoms with Crippen LogP contribution < -0.4 is 15.2 Å². The molecular formula is C10H15BrCl2N2O3S. The summed E-state index contributed by atoms with van der Waals surface area (Å²) in [7, 11) is -2.27. The Kier molecular flexibility index (Phi) is 8.26. The quantitative estimate of drug-likeness (QED) is 0.725. The van der Waals surface area contributed by atoms with E-state index in [-0.39, 0.29) is 29.6 Å². The second-order valence-corrected chi connectivity index (χ2v) is 6.49. The van der Waals surface area contributed by atoms with Gasteiger partial charge in [0.15, 0.2) is 5.75 Å². The van der Waals surface area contributed by atoms with Crippen LogP contribution in [0, 0.1) is 0 Å². The number of ether oxygens (including phenoxy) is 1. The van der Waals surface area contributed by atoms with Crippen LogP contribution in [0.25, 0.3) is 0 Å². The van der Waals surface area contributed by atoms with Crippen LogP contribution in [0.5, 0.6) is 5.75 Å². The number of nitrogens with two attached hydrogens (primary N) is 1. The molecule has 19 heavy (non-hydrogen) atoms. The summed E-state index contributed by atoms with van der Waals surface area (Å²) in [5, 5.41) is 0.307. The third-order valence-corrected chi connectivity index (χ3v) is 4.41. The van der Waals surface area contributed by atoms with Gasteiger partial charge in [0.05, 0.1) is 11.6 Å². The largest absolute Gasteiger partial charge is 0.494 e. The maximum atomic E-state index is 12.1. The molecule has 0 radical (unpaired) electrons. The van der Waals surface area contributed by atoms with Crippen molar-refractivity contribution in [3.8, 4) is 5.75 Å². The van der Waals surface area contributed by atoms with E-state index < -0.39 is 10.0 Å². The molecule has 1 rings (SSSR count). The third kappa shape index (κ3) is 5.09. The summed E-state index contributed by atoms with van der Waals surface area (Å²) in [6, 6.07) is 2.91. The summed E-state index contributed by atoms with van der Waals surface area (Å²) in [5.41, 5.74) is 5.31. The minimum atomic E-state index is -3.67. The lowest BCUT2D eigenvalue weighted by Gasteiger charge is -2.12. The number of nitrogens with one attached hydrogen (secondary N) is 1. The summed E-state index contributed by atoms with van der Waals surface area (Å²) in [4.78, 5) is 0.00129. The molecule has 3 N–H and O–H groups in total. The van der Waals surface area contributed by atoms with E-state index >= 15 is 0 Å². The lowest BCUT2D eigenvalue weighted by Crippen LogP contribution is -2.26. The fourth-order valence-corrected chi connectivity index (χ4v) is 3.78. The zero-order valence-electron chi connectivity index (χ0n) is 10.2. The van der Waals surface area contributed by atoms with E-state index in [4.69, 9.17) is 22.1 Å². The molecular weight excluding hydrogens is 379 g/mol. The average molecular weight is 394 g/mol. The molecule has 0 aromatic heterocycles. The van der Waals surface area contributed by atoms with Gasteiger partial charge in [-0.1, -0.05) is 11.6 Å². The van der Waals surface area contributed by atoms with Crippen molar-refractivity contribution in [2.75, 3.05) is 20.2 Å². The number of methoxy groups -OCH3 is 1. The van der Waals surface area contributed by atoms with Crippen molar-refractivity contribution in [1.82, 2.24) is 4.72 Å².